The molecule has 0 aliphatic rings. The molecule has 1 aromatic rings. The van der Waals surface area contributed by atoms with Crippen LogP contribution >= 0.6 is 15.9 Å². The van der Waals surface area contributed by atoms with Gasteiger partial charge in [0.05, 0.1) is 11.3 Å². The summed E-state index contributed by atoms with van der Waals surface area (Å²) in [6, 6.07) is 4.82. The summed E-state index contributed by atoms with van der Waals surface area (Å²) in [5.74, 6) is -1.19. The molecule has 20 heavy (non-hydrogen) atoms. The third kappa shape index (κ3) is 5.33. The van der Waals surface area contributed by atoms with Crippen LogP contribution in [0, 0.1) is 0 Å². The number of hydrogen-bond donors (Lipinski definition) is 2. The Kier molecular flexibility index (Phi) is 7.30. The van der Waals surface area contributed by atoms with Gasteiger partial charge in [-0.15, -0.1) is 0 Å². The van der Waals surface area contributed by atoms with Crippen molar-refractivity contribution in [2.75, 3.05) is 5.32 Å². The number of amides is 1. The summed E-state index contributed by atoms with van der Waals surface area (Å²) in [6.07, 6.45) is 5.78. The molecule has 0 aliphatic heterocycles. The van der Waals surface area contributed by atoms with Gasteiger partial charge < -0.3 is 10.4 Å². The van der Waals surface area contributed by atoms with Crippen LogP contribution in [0.15, 0.2) is 22.7 Å². The molecule has 4 nitrogen and oxygen atoms in total. The van der Waals surface area contributed by atoms with Gasteiger partial charge in [-0.05, 0) is 34.5 Å². The topological polar surface area (TPSA) is 66.4 Å². The summed E-state index contributed by atoms with van der Waals surface area (Å²) < 4.78 is 0.580. The average molecular weight is 342 g/mol. The lowest BCUT2D eigenvalue weighted by Crippen LogP contribution is -2.14. The number of nitrogens with one attached hydrogen (secondary N) is 1. The summed E-state index contributed by atoms with van der Waals surface area (Å²) in [6.45, 7) is 2.15. The molecule has 0 spiro atoms. The lowest BCUT2D eigenvalue weighted by Gasteiger charge is -2.10. The van der Waals surface area contributed by atoms with Gasteiger partial charge in [0.2, 0.25) is 5.91 Å². The van der Waals surface area contributed by atoms with Crippen molar-refractivity contribution in [2.24, 2.45) is 0 Å². The van der Waals surface area contributed by atoms with Gasteiger partial charge in [-0.3, -0.25) is 4.79 Å². The Morgan fingerprint density at radius 3 is 2.55 bits per heavy atom. The highest BCUT2D eigenvalue weighted by atomic mass is 79.9. The van der Waals surface area contributed by atoms with Gasteiger partial charge in [-0.25, -0.2) is 4.79 Å². The predicted octanol–water partition coefficient (Wildman–Crippen LogP) is 4.45. The van der Waals surface area contributed by atoms with E-state index in [9.17, 15) is 9.59 Å². The number of para-hydroxylation sites is 1. The van der Waals surface area contributed by atoms with Crippen LogP contribution in [0.2, 0.25) is 0 Å². The molecule has 0 fully saturated rings. The molecule has 0 aromatic heterocycles. The van der Waals surface area contributed by atoms with Crippen LogP contribution in [0.25, 0.3) is 0 Å². The highest BCUT2D eigenvalue weighted by Crippen LogP contribution is 2.26. The average Bonchev–Trinajstić information content (AvgIpc) is 2.40. The minimum Gasteiger partial charge on any atom is -0.478 e. The summed E-state index contributed by atoms with van der Waals surface area (Å²) in [5, 5.41) is 11.8. The number of carboxylic acids is 1. The Morgan fingerprint density at radius 1 is 1.20 bits per heavy atom. The van der Waals surface area contributed by atoms with Crippen molar-refractivity contribution in [3.63, 3.8) is 0 Å². The van der Waals surface area contributed by atoms with E-state index in [4.69, 9.17) is 5.11 Å². The lowest BCUT2D eigenvalue weighted by atomic mass is 10.1. The molecular weight excluding hydrogens is 322 g/mol. The van der Waals surface area contributed by atoms with Crippen LogP contribution in [-0.2, 0) is 4.79 Å². The molecule has 0 saturated carbocycles. The van der Waals surface area contributed by atoms with Crippen molar-refractivity contribution in [1.82, 2.24) is 0 Å². The Hall–Kier alpha value is -1.36. The molecule has 1 aromatic carbocycles. The van der Waals surface area contributed by atoms with E-state index in [1.807, 2.05) is 0 Å². The van der Waals surface area contributed by atoms with Crippen molar-refractivity contribution in [2.45, 2.75) is 45.4 Å². The van der Waals surface area contributed by atoms with Crippen molar-refractivity contribution < 1.29 is 14.7 Å². The van der Waals surface area contributed by atoms with Crippen molar-refractivity contribution in [3.05, 3.63) is 28.2 Å². The first-order valence-electron chi connectivity index (χ1n) is 6.88. The molecule has 2 N–H and O–H groups in total. The van der Waals surface area contributed by atoms with Gasteiger partial charge in [-0.1, -0.05) is 38.7 Å². The van der Waals surface area contributed by atoms with E-state index in [0.717, 1.165) is 19.3 Å². The molecular formula is C15H20BrNO3. The van der Waals surface area contributed by atoms with Gasteiger partial charge in [0.25, 0.3) is 0 Å². The second kappa shape index (κ2) is 8.74. The number of hydrogen-bond acceptors (Lipinski definition) is 2. The molecule has 1 amide bonds. The van der Waals surface area contributed by atoms with Crippen LogP contribution in [0.5, 0.6) is 0 Å². The first-order chi connectivity index (χ1) is 9.56. The summed E-state index contributed by atoms with van der Waals surface area (Å²) >= 11 is 3.27. The van der Waals surface area contributed by atoms with Crippen LogP contribution in [0.4, 0.5) is 5.69 Å². The van der Waals surface area contributed by atoms with Gasteiger partial charge in [0, 0.05) is 10.9 Å². The fourth-order valence-corrected chi connectivity index (χ4v) is 2.39. The van der Waals surface area contributed by atoms with Crippen molar-refractivity contribution >= 4 is 33.5 Å². The number of anilines is 1. The minimum atomic E-state index is -1.05. The maximum atomic E-state index is 11.8. The van der Waals surface area contributed by atoms with E-state index in [1.54, 1.807) is 12.1 Å². The molecule has 5 heteroatoms. The van der Waals surface area contributed by atoms with E-state index in [0.29, 0.717) is 16.6 Å². The van der Waals surface area contributed by atoms with E-state index < -0.39 is 5.97 Å². The number of rotatable bonds is 8. The summed E-state index contributed by atoms with van der Waals surface area (Å²) in [4.78, 5) is 23.0. The smallest absolute Gasteiger partial charge is 0.337 e. The zero-order valence-electron chi connectivity index (χ0n) is 11.6. The van der Waals surface area contributed by atoms with Crippen LogP contribution in [0.1, 0.15) is 55.8 Å². The minimum absolute atomic E-state index is 0.0960. The van der Waals surface area contributed by atoms with E-state index in [1.165, 1.54) is 18.9 Å². The van der Waals surface area contributed by atoms with Gasteiger partial charge in [-0.2, -0.15) is 0 Å². The highest BCUT2D eigenvalue weighted by molar-refractivity contribution is 9.10. The van der Waals surface area contributed by atoms with Crippen LogP contribution in [-0.4, -0.2) is 17.0 Å². The van der Waals surface area contributed by atoms with Crippen molar-refractivity contribution in [1.29, 1.82) is 0 Å². The van der Waals surface area contributed by atoms with Gasteiger partial charge >= 0.3 is 5.97 Å². The van der Waals surface area contributed by atoms with Crippen LogP contribution in [0.3, 0.4) is 0 Å². The molecule has 0 atom stereocenters. The molecule has 0 unspecified atom stereocenters. The Morgan fingerprint density at radius 2 is 1.90 bits per heavy atom. The number of carboxylic acid groups (broad SMARTS) is 1. The Balaban J connectivity index is 2.55. The Labute approximate surface area is 127 Å². The SMILES string of the molecule is CCCCCCCC(=O)Nc1c(Br)cccc1C(=O)O. The number of halogens is 1. The number of unbranched alkanes of at least 4 members (excludes halogenated alkanes) is 4. The zero-order chi connectivity index (χ0) is 15.0. The fourth-order valence-electron chi connectivity index (χ4n) is 1.92. The second-order valence-corrected chi connectivity index (χ2v) is 5.53. The maximum absolute atomic E-state index is 11.8. The van der Waals surface area contributed by atoms with E-state index in [2.05, 4.69) is 28.2 Å². The molecule has 1 rings (SSSR count). The summed E-state index contributed by atoms with van der Waals surface area (Å²) in [7, 11) is 0. The first kappa shape index (κ1) is 16.7. The fraction of sp³-hybridized carbons (Fsp3) is 0.467. The Bertz CT molecular complexity index is 474. The third-order valence-electron chi connectivity index (χ3n) is 3.02. The monoisotopic (exact) mass is 341 g/mol. The second-order valence-electron chi connectivity index (χ2n) is 4.68. The molecule has 0 heterocycles. The molecule has 0 saturated heterocycles. The zero-order valence-corrected chi connectivity index (χ0v) is 13.2. The van der Waals surface area contributed by atoms with Gasteiger partial charge in [0.1, 0.15) is 0 Å². The molecule has 110 valence electrons. The number of aromatic carboxylic acids is 1. The maximum Gasteiger partial charge on any atom is 0.337 e. The number of carbonyl (C=O) groups excluding carboxylic acids is 1. The third-order valence-corrected chi connectivity index (χ3v) is 3.68. The van der Waals surface area contributed by atoms with Crippen molar-refractivity contribution in [3.8, 4) is 0 Å². The van der Waals surface area contributed by atoms with E-state index in [-0.39, 0.29) is 11.5 Å². The highest BCUT2D eigenvalue weighted by Gasteiger charge is 2.14. The lowest BCUT2D eigenvalue weighted by molar-refractivity contribution is -0.116. The number of benzene rings is 1. The van der Waals surface area contributed by atoms with Gasteiger partial charge in [0.15, 0.2) is 0 Å². The largest absolute Gasteiger partial charge is 0.478 e. The molecule has 0 aliphatic carbocycles. The molecule has 0 bridgehead atoms. The number of carbonyl (C=O) groups is 2. The van der Waals surface area contributed by atoms with E-state index >= 15 is 0 Å². The quantitative estimate of drug-likeness (QED) is 0.686. The standard InChI is InChI=1S/C15H20BrNO3/c1-2-3-4-5-6-10-13(18)17-14-11(15(19)20)8-7-9-12(14)16/h7-9H,2-6,10H2,1H3,(H,17,18)(H,19,20). The normalized spacial score (nSPS) is 10.3. The predicted molar refractivity (Wildman–Crippen MR) is 83.1 cm³/mol. The molecule has 0 radical (unpaired) electrons. The van der Waals surface area contributed by atoms with Crippen LogP contribution < -0.4 is 5.32 Å². The summed E-state index contributed by atoms with van der Waals surface area (Å²) in [5.41, 5.74) is 0.428. The first-order valence-corrected chi connectivity index (χ1v) is 7.67.